The summed E-state index contributed by atoms with van der Waals surface area (Å²) in [6, 6.07) is 0. The summed E-state index contributed by atoms with van der Waals surface area (Å²) < 4.78 is 27.2. The zero-order valence-corrected chi connectivity index (χ0v) is 21.5. The zero-order chi connectivity index (χ0) is 26.7. The van der Waals surface area contributed by atoms with E-state index in [1.165, 1.54) is 6.92 Å². The van der Waals surface area contributed by atoms with Crippen LogP contribution in [0.25, 0.3) is 0 Å². The Morgan fingerprint density at radius 3 is 2.56 bits per heavy atom. The lowest BCUT2D eigenvalue weighted by Gasteiger charge is -2.62. The fourth-order valence-electron chi connectivity index (χ4n) is 7.79. The number of halogens is 1. The summed E-state index contributed by atoms with van der Waals surface area (Å²) >= 11 is 0. The number of carbonyl (C=O) groups excluding carboxylic acids is 3. The van der Waals surface area contributed by atoms with Crippen molar-refractivity contribution < 1.29 is 38.5 Å². The molecule has 36 heavy (non-hydrogen) atoms. The highest BCUT2D eigenvalue weighted by atomic mass is 19.1. The highest BCUT2D eigenvalue weighted by molar-refractivity contribution is 5.91. The molecule has 0 aromatic carbocycles. The number of Topliss-reactive ketones (excluding diaryl/α,β-unsaturated/α-hetero) is 2. The van der Waals surface area contributed by atoms with Gasteiger partial charge in [-0.3, -0.25) is 9.59 Å². The van der Waals surface area contributed by atoms with E-state index in [-0.39, 0.29) is 24.7 Å². The predicted octanol–water partition coefficient (Wildman–Crippen LogP) is 3.04. The third-order valence-corrected chi connectivity index (χ3v) is 9.63. The van der Waals surface area contributed by atoms with Crippen LogP contribution in [0.15, 0.2) is 36.0 Å². The number of aliphatic hydroxyl groups is 2. The molecule has 3 fully saturated rings. The minimum absolute atomic E-state index is 0.0927. The molecule has 0 aromatic rings. The van der Waals surface area contributed by atoms with Crippen LogP contribution in [-0.4, -0.2) is 64.9 Å². The van der Waals surface area contributed by atoms with E-state index < -0.39 is 65.0 Å². The number of allylic oxidation sites excluding steroid dienone is 5. The second-order valence-corrected chi connectivity index (χ2v) is 11.6. The largest absolute Gasteiger partial charge is 0.456 e. The molecule has 4 rings (SSSR count). The number of hydrogen-bond acceptors (Lipinski definition) is 7. The SMILES string of the molecule is C=C1C=C[C@@]2(C)C(=C1)CC[C@H]1[C@@H]3C[C@@H](C)[C@](O)(C(=O)COC(=O)COCC(C)=O)[C@@]3(C)C[C@H](O)[C@@]12F. The Morgan fingerprint density at radius 1 is 1.19 bits per heavy atom. The maximum Gasteiger partial charge on any atom is 0.332 e. The Balaban J connectivity index is 1.58. The first kappa shape index (κ1) is 26.9. The average molecular weight is 505 g/mol. The molecular formula is C28H37FO7. The molecule has 2 N–H and O–H groups in total. The van der Waals surface area contributed by atoms with Crippen LogP contribution >= 0.6 is 0 Å². The van der Waals surface area contributed by atoms with Gasteiger partial charge in [0.1, 0.15) is 18.8 Å². The molecule has 4 aliphatic rings. The van der Waals surface area contributed by atoms with Crippen molar-refractivity contribution >= 4 is 17.5 Å². The van der Waals surface area contributed by atoms with E-state index in [0.717, 1.165) is 11.1 Å². The molecule has 3 saturated carbocycles. The van der Waals surface area contributed by atoms with E-state index >= 15 is 4.39 Å². The Kier molecular flexibility index (Phi) is 6.72. The molecule has 0 amide bonds. The van der Waals surface area contributed by atoms with Gasteiger partial charge in [-0.2, -0.15) is 0 Å². The van der Waals surface area contributed by atoms with Gasteiger partial charge in [-0.1, -0.05) is 44.2 Å². The van der Waals surface area contributed by atoms with Gasteiger partial charge in [0.2, 0.25) is 5.78 Å². The van der Waals surface area contributed by atoms with Crippen molar-refractivity contribution in [3.8, 4) is 0 Å². The fourth-order valence-corrected chi connectivity index (χ4v) is 7.79. The second-order valence-electron chi connectivity index (χ2n) is 11.6. The van der Waals surface area contributed by atoms with E-state index in [1.54, 1.807) is 19.9 Å². The Bertz CT molecular complexity index is 1050. The van der Waals surface area contributed by atoms with Crippen molar-refractivity contribution in [2.24, 2.45) is 28.6 Å². The number of alkyl halides is 1. The lowest BCUT2D eigenvalue weighted by Crippen LogP contribution is -2.69. The molecular weight excluding hydrogens is 467 g/mol. The summed E-state index contributed by atoms with van der Waals surface area (Å²) in [5.41, 5.74) is -4.23. The number of hydrogen-bond donors (Lipinski definition) is 2. The van der Waals surface area contributed by atoms with E-state index in [4.69, 9.17) is 9.47 Å². The van der Waals surface area contributed by atoms with E-state index in [9.17, 15) is 24.6 Å². The maximum absolute atomic E-state index is 17.2. The van der Waals surface area contributed by atoms with Crippen LogP contribution in [-0.2, 0) is 23.9 Å². The molecule has 0 radical (unpaired) electrons. The highest BCUT2D eigenvalue weighted by Gasteiger charge is 2.75. The molecule has 0 heterocycles. The van der Waals surface area contributed by atoms with Gasteiger partial charge in [-0.25, -0.2) is 9.18 Å². The van der Waals surface area contributed by atoms with Gasteiger partial charge < -0.3 is 19.7 Å². The molecule has 0 aromatic heterocycles. The smallest absolute Gasteiger partial charge is 0.332 e. The fraction of sp³-hybridized carbons (Fsp3) is 0.679. The van der Waals surface area contributed by atoms with Crippen LogP contribution < -0.4 is 0 Å². The third-order valence-electron chi connectivity index (χ3n) is 9.63. The van der Waals surface area contributed by atoms with Crippen molar-refractivity contribution in [2.45, 2.75) is 70.8 Å². The lowest BCUT2D eigenvalue weighted by atomic mass is 9.44. The minimum Gasteiger partial charge on any atom is -0.456 e. The summed E-state index contributed by atoms with van der Waals surface area (Å²) in [7, 11) is 0. The first-order valence-electron chi connectivity index (χ1n) is 12.7. The molecule has 198 valence electrons. The van der Waals surface area contributed by atoms with Crippen LogP contribution in [0.1, 0.15) is 53.4 Å². The van der Waals surface area contributed by atoms with Crippen LogP contribution in [0.3, 0.4) is 0 Å². The third kappa shape index (κ3) is 3.67. The quantitative estimate of drug-likeness (QED) is 0.513. The Morgan fingerprint density at radius 2 is 1.89 bits per heavy atom. The first-order chi connectivity index (χ1) is 16.7. The van der Waals surface area contributed by atoms with Gasteiger partial charge in [0.15, 0.2) is 18.1 Å². The molecule has 7 nitrogen and oxygen atoms in total. The second kappa shape index (κ2) is 8.99. The monoisotopic (exact) mass is 504 g/mol. The number of aliphatic hydroxyl groups excluding tert-OH is 1. The number of esters is 1. The zero-order valence-electron chi connectivity index (χ0n) is 21.5. The molecule has 0 unspecified atom stereocenters. The van der Waals surface area contributed by atoms with Crippen LogP contribution in [0.2, 0.25) is 0 Å². The summed E-state index contributed by atoms with van der Waals surface area (Å²) in [5.74, 6) is -3.17. The van der Waals surface area contributed by atoms with E-state index in [2.05, 4.69) is 6.58 Å². The summed E-state index contributed by atoms with van der Waals surface area (Å²) in [5, 5.41) is 23.3. The van der Waals surface area contributed by atoms with Crippen LogP contribution in [0, 0.1) is 28.6 Å². The molecule has 0 spiro atoms. The summed E-state index contributed by atoms with van der Waals surface area (Å²) in [4.78, 5) is 36.3. The first-order valence-corrected chi connectivity index (χ1v) is 12.7. The van der Waals surface area contributed by atoms with Crippen molar-refractivity contribution in [3.05, 3.63) is 36.0 Å². The van der Waals surface area contributed by atoms with Gasteiger partial charge in [0.05, 0.1) is 6.10 Å². The normalized spacial score (nSPS) is 43.2. The number of ether oxygens (including phenoxy) is 2. The molecule has 8 atom stereocenters. The number of fused-ring (bicyclic) bond motifs is 5. The van der Waals surface area contributed by atoms with Crippen molar-refractivity contribution in [1.29, 1.82) is 0 Å². The van der Waals surface area contributed by atoms with Gasteiger partial charge in [-0.15, -0.1) is 0 Å². The Labute approximate surface area is 211 Å². The lowest BCUT2D eigenvalue weighted by molar-refractivity contribution is -0.220. The van der Waals surface area contributed by atoms with Crippen LogP contribution in [0.5, 0.6) is 0 Å². The van der Waals surface area contributed by atoms with Gasteiger partial charge in [-0.05, 0) is 56.9 Å². The summed E-state index contributed by atoms with van der Waals surface area (Å²) in [6.07, 6.45) is 5.58. The average Bonchev–Trinajstić information content (AvgIpc) is 3.00. The number of rotatable bonds is 7. The maximum atomic E-state index is 17.2. The predicted molar refractivity (Wildman–Crippen MR) is 129 cm³/mol. The molecule has 8 heteroatoms. The molecule has 0 aliphatic heterocycles. The topological polar surface area (TPSA) is 110 Å². The van der Waals surface area contributed by atoms with Gasteiger partial charge in [0, 0.05) is 16.7 Å². The number of ketones is 2. The molecule has 0 bridgehead atoms. The van der Waals surface area contributed by atoms with Crippen molar-refractivity contribution in [3.63, 3.8) is 0 Å². The highest BCUT2D eigenvalue weighted by Crippen LogP contribution is 2.70. The standard InChI is InChI=1S/C28H37FO7/c1-16-8-9-25(4)19(10-16)6-7-20-21-11-17(2)28(34,26(21,5)12-22(31)27(20,25)29)23(32)14-36-24(33)15-35-13-18(3)30/h8-10,17,20-22,31,34H,1,6-7,11-15H2,2-5H3/t17-,20+,21+,22+,25+,26+,27+,28+/m1/s1. The Hall–Kier alpha value is -2.16. The summed E-state index contributed by atoms with van der Waals surface area (Å²) in [6.45, 7) is 9.23. The minimum atomic E-state index is -1.95. The molecule has 0 saturated heterocycles. The van der Waals surface area contributed by atoms with Gasteiger partial charge in [0.25, 0.3) is 0 Å². The number of carbonyl (C=O) groups is 3. The van der Waals surface area contributed by atoms with E-state index in [0.29, 0.717) is 19.3 Å². The van der Waals surface area contributed by atoms with Crippen molar-refractivity contribution in [2.75, 3.05) is 19.8 Å². The van der Waals surface area contributed by atoms with Crippen molar-refractivity contribution in [1.82, 2.24) is 0 Å². The van der Waals surface area contributed by atoms with E-state index in [1.807, 2.05) is 19.1 Å². The van der Waals surface area contributed by atoms with Crippen LogP contribution in [0.4, 0.5) is 4.39 Å². The van der Waals surface area contributed by atoms with Gasteiger partial charge >= 0.3 is 5.97 Å². The molecule has 4 aliphatic carbocycles.